The number of carbonyl (C=O) groups excluding carboxylic acids is 1. The number of hydrogen-bond donors (Lipinski definition) is 0. The minimum absolute atomic E-state index is 0.128. The maximum Gasteiger partial charge on any atom is 0.573 e. The van der Waals surface area contributed by atoms with Crippen LogP contribution in [0, 0.1) is 0 Å². The number of esters is 1. The van der Waals surface area contributed by atoms with E-state index in [9.17, 15) is 18.0 Å². The Hall–Kier alpha value is -4.86. The van der Waals surface area contributed by atoms with E-state index < -0.39 is 6.36 Å². The Balaban J connectivity index is 1.40. The topological polar surface area (TPSA) is 75.5 Å². The van der Waals surface area contributed by atoms with Crippen LogP contribution in [0.25, 0.3) is 22.4 Å². The van der Waals surface area contributed by atoms with Crippen molar-refractivity contribution in [1.29, 1.82) is 0 Å². The van der Waals surface area contributed by atoms with Crippen molar-refractivity contribution in [3.05, 3.63) is 108 Å². The zero-order chi connectivity index (χ0) is 28.8. The lowest BCUT2D eigenvalue weighted by Crippen LogP contribution is -2.17. The second kappa shape index (κ2) is 12.1. The van der Waals surface area contributed by atoms with Crippen molar-refractivity contribution < 1.29 is 32.2 Å². The average Bonchev–Trinajstić information content (AvgIpc) is 3.31. The Bertz CT molecular complexity index is 1650. The number of alkyl halides is 3. The first-order valence-corrected chi connectivity index (χ1v) is 12.9. The van der Waals surface area contributed by atoms with Crippen LogP contribution < -0.4 is 9.47 Å². The molecule has 0 amide bonds. The predicted molar refractivity (Wildman–Crippen MR) is 146 cm³/mol. The predicted octanol–water partition coefficient (Wildman–Crippen LogP) is 6.73. The monoisotopic (exact) mass is 561 g/mol. The van der Waals surface area contributed by atoms with Crippen molar-refractivity contribution in [2.75, 3.05) is 6.61 Å². The lowest BCUT2D eigenvalue weighted by atomic mass is 10.1. The first-order chi connectivity index (χ1) is 19.8. The highest BCUT2D eigenvalue weighted by Crippen LogP contribution is 2.30. The number of imidazole rings is 1. The molecule has 0 atom stereocenters. The van der Waals surface area contributed by atoms with Crippen LogP contribution in [-0.4, -0.2) is 33.5 Å². The van der Waals surface area contributed by atoms with Crippen molar-refractivity contribution in [2.45, 2.75) is 32.9 Å². The van der Waals surface area contributed by atoms with Crippen LogP contribution in [0.1, 0.15) is 23.6 Å². The number of fused-ring (bicyclic) bond motifs is 1. The minimum atomic E-state index is -4.77. The Morgan fingerprint density at radius 3 is 2.41 bits per heavy atom. The smallest absolute Gasteiger partial charge is 0.473 e. The van der Waals surface area contributed by atoms with Crippen LogP contribution in [0.4, 0.5) is 13.2 Å². The molecule has 2 aromatic heterocycles. The molecule has 210 valence electrons. The number of carbonyl (C=O) groups is 1. The second-order valence-electron chi connectivity index (χ2n) is 9.12. The SMILES string of the molecule is CCOC(=O)Cc1ccnc(OCc2ccccc2Cn2c(-c3ccc(OC(F)(F)F)cc3)nc3ccccc32)c1. The summed E-state index contributed by atoms with van der Waals surface area (Å²) < 4.78 is 55.0. The third kappa shape index (κ3) is 7.02. The van der Waals surface area contributed by atoms with E-state index in [1.54, 1.807) is 37.4 Å². The molecule has 0 fully saturated rings. The molecule has 0 saturated carbocycles. The van der Waals surface area contributed by atoms with Gasteiger partial charge < -0.3 is 18.8 Å². The summed E-state index contributed by atoms with van der Waals surface area (Å²) in [6.45, 7) is 2.74. The van der Waals surface area contributed by atoms with Crippen LogP contribution in [0.3, 0.4) is 0 Å². The number of aromatic nitrogens is 3. The van der Waals surface area contributed by atoms with Crippen LogP contribution in [0.15, 0.2) is 91.1 Å². The number of pyridine rings is 1. The molecule has 2 heterocycles. The van der Waals surface area contributed by atoms with E-state index in [0.717, 1.165) is 27.7 Å². The summed E-state index contributed by atoms with van der Waals surface area (Å²) in [5, 5.41) is 0. The van der Waals surface area contributed by atoms with Gasteiger partial charge in [-0.2, -0.15) is 0 Å². The summed E-state index contributed by atoms with van der Waals surface area (Å²) in [4.78, 5) is 20.9. The molecule has 3 aromatic carbocycles. The van der Waals surface area contributed by atoms with Gasteiger partial charge in [0.25, 0.3) is 0 Å². The quantitative estimate of drug-likeness (QED) is 0.176. The molecule has 0 aliphatic heterocycles. The van der Waals surface area contributed by atoms with Crippen LogP contribution in [0.5, 0.6) is 11.6 Å². The van der Waals surface area contributed by atoms with E-state index in [4.69, 9.17) is 14.5 Å². The molecule has 5 rings (SSSR count). The molecule has 0 radical (unpaired) electrons. The summed E-state index contributed by atoms with van der Waals surface area (Å²) in [7, 11) is 0. The van der Waals surface area contributed by atoms with E-state index in [0.29, 0.717) is 30.4 Å². The Labute approximate surface area is 234 Å². The Morgan fingerprint density at radius 2 is 1.66 bits per heavy atom. The van der Waals surface area contributed by atoms with Gasteiger partial charge in [0.15, 0.2) is 0 Å². The fraction of sp³-hybridized carbons (Fsp3) is 0.194. The minimum Gasteiger partial charge on any atom is -0.473 e. The summed E-state index contributed by atoms with van der Waals surface area (Å²) in [6.07, 6.45) is -3.05. The van der Waals surface area contributed by atoms with Crippen molar-refractivity contribution in [2.24, 2.45) is 0 Å². The maximum absolute atomic E-state index is 12.6. The lowest BCUT2D eigenvalue weighted by molar-refractivity contribution is -0.274. The van der Waals surface area contributed by atoms with Crippen molar-refractivity contribution in [1.82, 2.24) is 14.5 Å². The maximum atomic E-state index is 12.6. The molecule has 0 aliphatic carbocycles. The number of para-hydroxylation sites is 2. The van der Waals surface area contributed by atoms with Gasteiger partial charge in [-0.1, -0.05) is 36.4 Å². The molecule has 0 N–H and O–H groups in total. The Morgan fingerprint density at radius 1 is 0.927 bits per heavy atom. The van der Waals surface area contributed by atoms with Gasteiger partial charge in [-0.15, -0.1) is 13.2 Å². The summed E-state index contributed by atoms with van der Waals surface area (Å²) in [5.74, 6) is 0.373. The lowest BCUT2D eigenvalue weighted by Gasteiger charge is -2.15. The number of nitrogens with zero attached hydrogens (tertiary/aromatic N) is 3. The summed E-state index contributed by atoms with van der Waals surface area (Å²) in [6, 6.07) is 24.5. The highest BCUT2D eigenvalue weighted by Gasteiger charge is 2.31. The van der Waals surface area contributed by atoms with Gasteiger partial charge in [-0.05, 0) is 66.1 Å². The highest BCUT2D eigenvalue weighted by atomic mass is 19.4. The van der Waals surface area contributed by atoms with E-state index in [-0.39, 0.29) is 24.7 Å². The fourth-order valence-electron chi connectivity index (χ4n) is 4.45. The zero-order valence-electron chi connectivity index (χ0n) is 22.1. The number of ether oxygens (including phenoxy) is 3. The van der Waals surface area contributed by atoms with Crippen molar-refractivity contribution in [3.63, 3.8) is 0 Å². The van der Waals surface area contributed by atoms with Gasteiger partial charge >= 0.3 is 12.3 Å². The molecule has 10 heteroatoms. The van der Waals surface area contributed by atoms with Gasteiger partial charge in [0, 0.05) is 17.8 Å². The molecule has 0 saturated heterocycles. The number of rotatable bonds is 10. The number of benzene rings is 3. The molecular weight excluding hydrogens is 535 g/mol. The third-order valence-electron chi connectivity index (χ3n) is 6.28. The largest absolute Gasteiger partial charge is 0.573 e. The first-order valence-electron chi connectivity index (χ1n) is 12.9. The van der Waals surface area contributed by atoms with Crippen LogP contribution >= 0.6 is 0 Å². The van der Waals surface area contributed by atoms with Gasteiger partial charge in [0.2, 0.25) is 5.88 Å². The fourth-order valence-corrected chi connectivity index (χ4v) is 4.45. The van der Waals surface area contributed by atoms with Gasteiger partial charge in [0.05, 0.1) is 30.6 Å². The van der Waals surface area contributed by atoms with E-state index in [2.05, 4.69) is 9.72 Å². The number of halogens is 3. The molecule has 5 aromatic rings. The van der Waals surface area contributed by atoms with Crippen molar-refractivity contribution >= 4 is 17.0 Å². The molecule has 7 nitrogen and oxygen atoms in total. The Kier molecular flexibility index (Phi) is 8.19. The molecular formula is C31H26F3N3O4. The van der Waals surface area contributed by atoms with Crippen LogP contribution in [0.2, 0.25) is 0 Å². The van der Waals surface area contributed by atoms with E-state index in [1.165, 1.54) is 12.1 Å². The normalized spacial score (nSPS) is 11.4. The molecule has 0 unspecified atom stereocenters. The summed E-state index contributed by atoms with van der Waals surface area (Å²) in [5.41, 5.74) is 4.91. The zero-order valence-corrected chi connectivity index (χ0v) is 22.1. The third-order valence-corrected chi connectivity index (χ3v) is 6.28. The molecule has 0 spiro atoms. The second-order valence-corrected chi connectivity index (χ2v) is 9.12. The standard InChI is InChI=1S/C31H26F3N3O4/c1-2-39-29(38)18-21-15-16-35-28(17-21)40-20-24-8-4-3-7-23(24)19-37-27-10-6-5-9-26(27)36-30(37)22-11-13-25(14-12-22)41-31(32,33)34/h3-17H,2,18-20H2,1H3. The van der Waals surface area contributed by atoms with Gasteiger partial charge in [0.1, 0.15) is 18.2 Å². The van der Waals surface area contributed by atoms with Crippen LogP contribution in [-0.2, 0) is 29.1 Å². The summed E-state index contributed by atoms with van der Waals surface area (Å²) >= 11 is 0. The highest BCUT2D eigenvalue weighted by molar-refractivity contribution is 5.81. The van der Waals surface area contributed by atoms with E-state index in [1.807, 2.05) is 53.1 Å². The average molecular weight is 562 g/mol. The van der Waals surface area contributed by atoms with Crippen molar-refractivity contribution in [3.8, 4) is 23.0 Å². The molecule has 0 bridgehead atoms. The van der Waals surface area contributed by atoms with E-state index >= 15 is 0 Å². The first kappa shape index (κ1) is 27.7. The molecule has 41 heavy (non-hydrogen) atoms. The number of hydrogen-bond acceptors (Lipinski definition) is 6. The molecule has 0 aliphatic rings. The van der Waals surface area contributed by atoms with Gasteiger partial charge in [-0.25, -0.2) is 9.97 Å². The van der Waals surface area contributed by atoms with Gasteiger partial charge in [-0.3, -0.25) is 4.79 Å².